The summed E-state index contributed by atoms with van der Waals surface area (Å²) in [5, 5.41) is 0. The Morgan fingerprint density at radius 2 is 2.16 bits per heavy atom. The van der Waals surface area contributed by atoms with Gasteiger partial charge < -0.3 is 25.7 Å². The summed E-state index contributed by atoms with van der Waals surface area (Å²) < 4.78 is 20.9. The van der Waals surface area contributed by atoms with E-state index in [0.29, 0.717) is 29.4 Å². The first kappa shape index (κ1) is 15.4. The van der Waals surface area contributed by atoms with E-state index in [1.54, 1.807) is 6.33 Å². The van der Waals surface area contributed by atoms with Gasteiger partial charge in [0.2, 0.25) is 0 Å². The SMILES string of the molecule is CC1(C)OC2C(n3cnc4c(N)ncnc43)OC3CC(CN)CC32O1. The van der Waals surface area contributed by atoms with E-state index < -0.39 is 11.4 Å². The van der Waals surface area contributed by atoms with E-state index in [9.17, 15) is 0 Å². The average molecular weight is 346 g/mol. The monoisotopic (exact) mass is 346 g/mol. The van der Waals surface area contributed by atoms with Crippen LogP contribution < -0.4 is 11.5 Å². The van der Waals surface area contributed by atoms with Crippen LogP contribution in [0.4, 0.5) is 5.82 Å². The fourth-order valence-electron chi connectivity index (χ4n) is 4.68. The zero-order valence-corrected chi connectivity index (χ0v) is 14.3. The lowest BCUT2D eigenvalue weighted by molar-refractivity contribution is -0.207. The topological polar surface area (TPSA) is 123 Å². The Balaban J connectivity index is 1.59. The maximum atomic E-state index is 6.39. The zero-order valence-electron chi connectivity index (χ0n) is 14.3. The molecule has 25 heavy (non-hydrogen) atoms. The number of nitrogens with two attached hydrogens (primary N) is 2. The van der Waals surface area contributed by atoms with Crippen LogP contribution in [0.3, 0.4) is 0 Å². The summed E-state index contributed by atoms with van der Waals surface area (Å²) in [6.45, 7) is 4.51. The van der Waals surface area contributed by atoms with Crippen LogP contribution in [-0.2, 0) is 14.2 Å². The molecule has 0 radical (unpaired) electrons. The standard InChI is InChI=1S/C16H22N6O3/c1-15(2)24-11-14(22-7-21-10-12(18)19-6-20-13(10)22)23-9-3-8(5-17)4-16(9,11)25-15/h6-9,11,14H,3-5,17H2,1-2H3,(H2,18,19,20). The number of hydrogen-bond acceptors (Lipinski definition) is 8. The summed E-state index contributed by atoms with van der Waals surface area (Å²) >= 11 is 0. The molecular formula is C16H22N6O3. The lowest BCUT2D eigenvalue weighted by atomic mass is 9.93. The molecule has 5 rings (SSSR count). The third-order valence-electron chi connectivity index (χ3n) is 5.59. The Morgan fingerprint density at radius 1 is 1.32 bits per heavy atom. The first-order chi connectivity index (χ1) is 11.9. The van der Waals surface area contributed by atoms with Crippen LogP contribution in [0.5, 0.6) is 0 Å². The molecule has 9 heteroatoms. The van der Waals surface area contributed by atoms with Gasteiger partial charge >= 0.3 is 0 Å². The molecule has 134 valence electrons. The van der Waals surface area contributed by atoms with Crippen molar-refractivity contribution in [1.82, 2.24) is 19.5 Å². The van der Waals surface area contributed by atoms with Gasteiger partial charge in [0.15, 0.2) is 23.5 Å². The fraction of sp³-hybridized carbons (Fsp3) is 0.688. The summed E-state index contributed by atoms with van der Waals surface area (Å²) in [7, 11) is 0. The van der Waals surface area contributed by atoms with Gasteiger partial charge in [0.05, 0.1) is 12.4 Å². The number of hydrogen-bond donors (Lipinski definition) is 2. The molecule has 4 N–H and O–H groups in total. The van der Waals surface area contributed by atoms with Gasteiger partial charge in [-0.05, 0) is 39.2 Å². The molecule has 2 aliphatic heterocycles. The van der Waals surface area contributed by atoms with Crippen molar-refractivity contribution in [2.75, 3.05) is 12.3 Å². The highest BCUT2D eigenvalue weighted by atomic mass is 16.8. The quantitative estimate of drug-likeness (QED) is 0.809. The maximum absolute atomic E-state index is 6.39. The van der Waals surface area contributed by atoms with Gasteiger partial charge in [-0.25, -0.2) is 15.0 Å². The molecule has 9 nitrogen and oxygen atoms in total. The van der Waals surface area contributed by atoms with Crippen LogP contribution in [0.1, 0.15) is 32.9 Å². The molecule has 3 fully saturated rings. The Bertz CT molecular complexity index is 838. The van der Waals surface area contributed by atoms with Crippen LogP contribution in [0, 0.1) is 5.92 Å². The summed E-state index contributed by atoms with van der Waals surface area (Å²) in [6, 6.07) is 0. The molecule has 5 unspecified atom stereocenters. The summed E-state index contributed by atoms with van der Waals surface area (Å²) in [5.41, 5.74) is 12.5. The van der Waals surface area contributed by atoms with E-state index in [1.165, 1.54) is 6.33 Å². The lowest BCUT2D eigenvalue weighted by Gasteiger charge is -2.27. The van der Waals surface area contributed by atoms with Crippen LogP contribution in [0.15, 0.2) is 12.7 Å². The molecule has 2 aromatic rings. The largest absolute Gasteiger partial charge is 0.382 e. The van der Waals surface area contributed by atoms with Crippen LogP contribution >= 0.6 is 0 Å². The van der Waals surface area contributed by atoms with E-state index in [0.717, 1.165) is 12.8 Å². The number of ether oxygens (including phenoxy) is 3. The summed E-state index contributed by atoms with van der Waals surface area (Å²) in [6.07, 6.45) is 4.14. The maximum Gasteiger partial charge on any atom is 0.167 e. The number of imidazole rings is 1. The van der Waals surface area contributed by atoms with Gasteiger partial charge in [0, 0.05) is 0 Å². The molecule has 3 aliphatic rings. The smallest absolute Gasteiger partial charge is 0.167 e. The minimum atomic E-state index is -0.668. The molecule has 5 atom stereocenters. The van der Waals surface area contributed by atoms with Crippen molar-refractivity contribution < 1.29 is 14.2 Å². The van der Waals surface area contributed by atoms with Gasteiger partial charge in [-0.15, -0.1) is 0 Å². The second-order valence-corrected chi connectivity index (χ2v) is 7.64. The highest BCUT2D eigenvalue weighted by molar-refractivity contribution is 5.81. The highest BCUT2D eigenvalue weighted by Gasteiger charge is 2.69. The van der Waals surface area contributed by atoms with Crippen LogP contribution in [0.25, 0.3) is 11.2 Å². The van der Waals surface area contributed by atoms with Gasteiger partial charge in [-0.2, -0.15) is 0 Å². The Kier molecular flexibility index (Phi) is 3.01. The average Bonchev–Trinajstić information content (AvgIpc) is 3.24. The Labute approximate surface area is 144 Å². The van der Waals surface area contributed by atoms with E-state index in [-0.39, 0.29) is 18.4 Å². The highest BCUT2D eigenvalue weighted by Crippen LogP contribution is 2.58. The molecule has 1 aliphatic carbocycles. The minimum Gasteiger partial charge on any atom is -0.382 e. The number of fused-ring (bicyclic) bond motifs is 1. The predicted molar refractivity (Wildman–Crippen MR) is 88.2 cm³/mol. The molecule has 0 bridgehead atoms. The Hall–Kier alpha value is -1.81. The molecule has 4 heterocycles. The van der Waals surface area contributed by atoms with Crippen LogP contribution in [-0.4, -0.2) is 49.7 Å². The third-order valence-corrected chi connectivity index (χ3v) is 5.59. The molecule has 2 aromatic heterocycles. The predicted octanol–water partition coefficient (Wildman–Crippen LogP) is 0.565. The molecule has 0 aromatic carbocycles. The van der Waals surface area contributed by atoms with Gasteiger partial charge in [-0.1, -0.05) is 0 Å². The zero-order chi connectivity index (χ0) is 17.4. The van der Waals surface area contributed by atoms with E-state index in [4.69, 9.17) is 25.7 Å². The van der Waals surface area contributed by atoms with Crippen molar-refractivity contribution in [3.05, 3.63) is 12.7 Å². The van der Waals surface area contributed by atoms with E-state index in [1.807, 2.05) is 18.4 Å². The van der Waals surface area contributed by atoms with Crippen molar-refractivity contribution in [2.24, 2.45) is 11.7 Å². The van der Waals surface area contributed by atoms with Crippen molar-refractivity contribution >= 4 is 17.0 Å². The summed E-state index contributed by atoms with van der Waals surface area (Å²) in [4.78, 5) is 12.7. The number of nitrogen functional groups attached to an aromatic ring is 1. The molecule has 2 saturated heterocycles. The normalized spacial score (nSPS) is 39.0. The third kappa shape index (κ3) is 2.00. The molecular weight excluding hydrogens is 324 g/mol. The number of rotatable bonds is 2. The second-order valence-electron chi connectivity index (χ2n) is 7.64. The lowest BCUT2D eigenvalue weighted by Crippen LogP contribution is -2.42. The first-order valence-electron chi connectivity index (χ1n) is 8.60. The number of nitrogens with zero attached hydrogens (tertiary/aromatic N) is 4. The second kappa shape index (κ2) is 4.88. The molecule has 1 spiro atoms. The van der Waals surface area contributed by atoms with Crippen molar-refractivity contribution in [3.63, 3.8) is 0 Å². The first-order valence-corrected chi connectivity index (χ1v) is 8.60. The van der Waals surface area contributed by atoms with Gasteiger partial charge in [-0.3, -0.25) is 4.57 Å². The van der Waals surface area contributed by atoms with E-state index in [2.05, 4.69) is 15.0 Å². The minimum absolute atomic E-state index is 0.0607. The fourth-order valence-corrected chi connectivity index (χ4v) is 4.68. The van der Waals surface area contributed by atoms with Gasteiger partial charge in [0.1, 0.15) is 23.5 Å². The molecule has 0 amide bonds. The molecule has 1 saturated carbocycles. The number of aromatic nitrogens is 4. The van der Waals surface area contributed by atoms with Gasteiger partial charge in [0.25, 0.3) is 0 Å². The number of anilines is 1. The van der Waals surface area contributed by atoms with Crippen molar-refractivity contribution in [1.29, 1.82) is 0 Å². The van der Waals surface area contributed by atoms with E-state index >= 15 is 0 Å². The summed E-state index contributed by atoms with van der Waals surface area (Å²) in [5.74, 6) is 0.0611. The van der Waals surface area contributed by atoms with Crippen molar-refractivity contribution in [3.8, 4) is 0 Å². The van der Waals surface area contributed by atoms with Crippen LogP contribution in [0.2, 0.25) is 0 Å². The van der Waals surface area contributed by atoms with Crippen molar-refractivity contribution in [2.45, 2.75) is 56.5 Å². The Morgan fingerprint density at radius 3 is 2.96 bits per heavy atom.